The fourth-order valence-corrected chi connectivity index (χ4v) is 1.94. The van der Waals surface area contributed by atoms with E-state index < -0.39 is 11.6 Å². The number of aromatic amines is 1. The first-order chi connectivity index (χ1) is 10.2. The Hall–Kier alpha value is -2.87. The summed E-state index contributed by atoms with van der Waals surface area (Å²) < 4.78 is 27.1. The highest BCUT2D eigenvalue weighted by Gasteiger charge is 2.16. The molecule has 0 aliphatic carbocycles. The highest BCUT2D eigenvalue weighted by molar-refractivity contribution is 5.79. The molecule has 6 nitrogen and oxygen atoms in total. The molecule has 2 heterocycles. The average Bonchev–Trinajstić information content (AvgIpc) is 3.01. The number of imidazole rings is 1. The van der Waals surface area contributed by atoms with Crippen molar-refractivity contribution in [2.45, 2.75) is 0 Å². The number of benzene rings is 1. The van der Waals surface area contributed by atoms with Crippen molar-refractivity contribution in [2.24, 2.45) is 5.84 Å². The third kappa shape index (κ3) is 2.43. The number of aromatic nitrogens is 4. The first-order valence-corrected chi connectivity index (χ1v) is 5.97. The van der Waals surface area contributed by atoms with Crippen LogP contribution in [0, 0.1) is 11.6 Å². The van der Waals surface area contributed by atoms with Crippen molar-refractivity contribution in [1.82, 2.24) is 19.9 Å². The number of anilines is 1. The van der Waals surface area contributed by atoms with Gasteiger partial charge in [-0.3, -0.25) is 5.43 Å². The fraction of sp³-hybridized carbons (Fsp3) is 0. The van der Waals surface area contributed by atoms with Gasteiger partial charge in [0, 0.05) is 23.4 Å². The quantitative estimate of drug-likeness (QED) is 0.507. The monoisotopic (exact) mass is 288 g/mol. The molecule has 0 radical (unpaired) electrons. The highest BCUT2D eigenvalue weighted by Crippen LogP contribution is 2.31. The second-order valence-electron chi connectivity index (χ2n) is 4.19. The molecule has 0 amide bonds. The number of nitrogens with two attached hydrogens (primary N) is 1. The normalized spacial score (nSPS) is 10.6. The van der Waals surface area contributed by atoms with Crippen LogP contribution in [-0.2, 0) is 0 Å². The summed E-state index contributed by atoms with van der Waals surface area (Å²) in [4.78, 5) is 14.9. The number of nitrogens with one attached hydrogen (secondary N) is 2. The minimum absolute atomic E-state index is 0.122. The van der Waals surface area contributed by atoms with Gasteiger partial charge in [-0.25, -0.2) is 29.6 Å². The summed E-state index contributed by atoms with van der Waals surface area (Å²) in [6, 6.07) is 3.27. The Morgan fingerprint density at radius 3 is 2.67 bits per heavy atom. The van der Waals surface area contributed by atoms with Gasteiger partial charge in [0.05, 0.1) is 23.9 Å². The second-order valence-corrected chi connectivity index (χ2v) is 4.19. The Morgan fingerprint density at radius 1 is 1.14 bits per heavy atom. The predicted octanol–water partition coefficient (Wildman–Crippen LogP) is 2.10. The van der Waals surface area contributed by atoms with Crippen LogP contribution in [0.2, 0.25) is 0 Å². The maximum Gasteiger partial charge on any atom is 0.237 e. The van der Waals surface area contributed by atoms with E-state index in [1.165, 1.54) is 18.6 Å². The molecule has 4 N–H and O–H groups in total. The molecule has 8 heteroatoms. The molecule has 0 saturated carbocycles. The number of hydrazine groups is 1. The molecule has 0 aliphatic rings. The van der Waals surface area contributed by atoms with Gasteiger partial charge >= 0.3 is 0 Å². The van der Waals surface area contributed by atoms with E-state index in [1.807, 2.05) is 0 Å². The summed E-state index contributed by atoms with van der Waals surface area (Å²) in [5, 5.41) is 0. The highest BCUT2D eigenvalue weighted by atomic mass is 19.1. The second kappa shape index (κ2) is 5.25. The van der Waals surface area contributed by atoms with E-state index in [1.54, 1.807) is 6.20 Å². The van der Waals surface area contributed by atoms with Gasteiger partial charge in [-0.2, -0.15) is 0 Å². The Morgan fingerprint density at radius 2 is 2.00 bits per heavy atom. The number of halogens is 2. The minimum atomic E-state index is -0.725. The molecular formula is C13H10F2N6. The zero-order chi connectivity index (χ0) is 14.8. The maximum absolute atomic E-state index is 14.0. The van der Waals surface area contributed by atoms with Crippen LogP contribution in [0.5, 0.6) is 0 Å². The molecule has 0 unspecified atom stereocenters. The smallest absolute Gasteiger partial charge is 0.237 e. The van der Waals surface area contributed by atoms with Crippen molar-refractivity contribution in [3.05, 3.63) is 48.6 Å². The van der Waals surface area contributed by atoms with Gasteiger partial charge in [-0.05, 0) is 12.1 Å². The lowest BCUT2D eigenvalue weighted by Gasteiger charge is -2.09. The summed E-state index contributed by atoms with van der Waals surface area (Å²) >= 11 is 0. The lowest BCUT2D eigenvalue weighted by Crippen LogP contribution is -2.11. The molecule has 1 aromatic carbocycles. The maximum atomic E-state index is 14.0. The molecule has 0 bridgehead atoms. The summed E-state index contributed by atoms with van der Waals surface area (Å²) in [7, 11) is 0. The van der Waals surface area contributed by atoms with Crippen LogP contribution in [0.3, 0.4) is 0 Å². The van der Waals surface area contributed by atoms with Gasteiger partial charge < -0.3 is 4.98 Å². The van der Waals surface area contributed by atoms with Crippen molar-refractivity contribution in [2.75, 3.05) is 5.43 Å². The Bertz CT molecular complexity index is 772. The molecule has 0 spiro atoms. The summed E-state index contributed by atoms with van der Waals surface area (Å²) in [6.07, 6.45) is 4.52. The van der Waals surface area contributed by atoms with E-state index in [4.69, 9.17) is 5.84 Å². The zero-order valence-electron chi connectivity index (χ0n) is 10.6. The van der Waals surface area contributed by atoms with Gasteiger partial charge in [0.1, 0.15) is 11.6 Å². The summed E-state index contributed by atoms with van der Waals surface area (Å²) in [5.74, 6) is 4.01. The molecule has 0 atom stereocenters. The number of nitrogens with zero attached hydrogens (tertiary/aromatic N) is 3. The van der Waals surface area contributed by atoms with Crippen LogP contribution >= 0.6 is 0 Å². The molecule has 0 saturated heterocycles. The SMILES string of the molecule is NNc1ncc(-c2cnc[nH]2)c(-c2ccc(F)cc2F)n1. The molecule has 0 aliphatic heterocycles. The molecule has 3 aromatic rings. The molecule has 0 fully saturated rings. The van der Waals surface area contributed by atoms with Crippen molar-refractivity contribution in [3.63, 3.8) is 0 Å². The van der Waals surface area contributed by atoms with E-state index >= 15 is 0 Å². The molecule has 2 aromatic heterocycles. The van der Waals surface area contributed by atoms with Gasteiger partial charge in [0.2, 0.25) is 5.95 Å². The lowest BCUT2D eigenvalue weighted by atomic mass is 10.0. The minimum Gasteiger partial charge on any atom is -0.345 e. The van der Waals surface area contributed by atoms with Crippen molar-refractivity contribution >= 4 is 5.95 Å². The van der Waals surface area contributed by atoms with Crippen LogP contribution in [0.1, 0.15) is 0 Å². The number of nitrogen functional groups attached to an aromatic ring is 1. The van der Waals surface area contributed by atoms with E-state index in [2.05, 4.69) is 25.4 Å². The Balaban J connectivity index is 2.23. The van der Waals surface area contributed by atoms with Gasteiger partial charge in [0.25, 0.3) is 0 Å². The van der Waals surface area contributed by atoms with Crippen molar-refractivity contribution in [1.29, 1.82) is 0 Å². The van der Waals surface area contributed by atoms with E-state index in [0.29, 0.717) is 11.3 Å². The van der Waals surface area contributed by atoms with Crippen molar-refractivity contribution in [3.8, 4) is 22.5 Å². The van der Waals surface area contributed by atoms with E-state index in [-0.39, 0.29) is 17.2 Å². The van der Waals surface area contributed by atoms with Gasteiger partial charge in [-0.1, -0.05) is 0 Å². The topological polar surface area (TPSA) is 92.5 Å². The lowest BCUT2D eigenvalue weighted by molar-refractivity contribution is 0.585. The molecule has 106 valence electrons. The third-order valence-corrected chi connectivity index (χ3v) is 2.89. The van der Waals surface area contributed by atoms with Crippen molar-refractivity contribution < 1.29 is 8.78 Å². The predicted molar refractivity (Wildman–Crippen MR) is 72.8 cm³/mol. The van der Waals surface area contributed by atoms with E-state index in [0.717, 1.165) is 12.1 Å². The molecular weight excluding hydrogens is 278 g/mol. The average molecular weight is 288 g/mol. The molecule has 3 rings (SSSR count). The Labute approximate surface area is 118 Å². The number of rotatable bonds is 3. The van der Waals surface area contributed by atoms with Crippen LogP contribution in [0.15, 0.2) is 36.9 Å². The van der Waals surface area contributed by atoms with Crippen LogP contribution in [0.25, 0.3) is 22.5 Å². The first kappa shape index (κ1) is 13.1. The largest absolute Gasteiger partial charge is 0.345 e. The third-order valence-electron chi connectivity index (χ3n) is 2.89. The number of hydrogen-bond donors (Lipinski definition) is 3. The first-order valence-electron chi connectivity index (χ1n) is 5.97. The van der Waals surface area contributed by atoms with Crippen LogP contribution in [-0.4, -0.2) is 19.9 Å². The van der Waals surface area contributed by atoms with Gasteiger partial charge in [0.15, 0.2) is 0 Å². The zero-order valence-corrected chi connectivity index (χ0v) is 10.6. The standard InChI is InChI=1S/C13H10F2N6/c14-7-1-2-8(10(15)3-7)12-9(11-5-17-6-19-11)4-18-13(20-12)21-16/h1-6H,16H2,(H,17,19)(H,18,20,21). The number of H-pyrrole nitrogens is 1. The summed E-state index contributed by atoms with van der Waals surface area (Å²) in [6.45, 7) is 0. The number of hydrogen-bond acceptors (Lipinski definition) is 5. The summed E-state index contributed by atoms with van der Waals surface area (Å²) in [5.41, 5.74) is 3.85. The van der Waals surface area contributed by atoms with Gasteiger partial charge in [-0.15, -0.1) is 0 Å². The van der Waals surface area contributed by atoms with E-state index in [9.17, 15) is 8.78 Å². The fourth-order valence-electron chi connectivity index (χ4n) is 1.94. The van der Waals surface area contributed by atoms with Crippen LogP contribution in [0.4, 0.5) is 14.7 Å². The van der Waals surface area contributed by atoms with Crippen LogP contribution < -0.4 is 11.3 Å². The Kier molecular flexibility index (Phi) is 3.28. The molecule has 21 heavy (non-hydrogen) atoms.